The fraction of sp³-hybridized carbons (Fsp3) is 0.467. The molecule has 2 rings (SSSR count). The first kappa shape index (κ1) is 14.4. The van der Waals surface area contributed by atoms with Crippen LogP contribution in [0.4, 0.5) is 0 Å². The predicted octanol–water partition coefficient (Wildman–Crippen LogP) is 1.62. The monoisotopic (exact) mass is 277 g/mol. The lowest BCUT2D eigenvalue weighted by molar-refractivity contribution is -0.146. The summed E-state index contributed by atoms with van der Waals surface area (Å²) in [7, 11) is 0. The van der Waals surface area contributed by atoms with Crippen LogP contribution in [0.15, 0.2) is 18.2 Å². The van der Waals surface area contributed by atoms with Crippen molar-refractivity contribution in [3.8, 4) is 5.75 Å². The maximum absolute atomic E-state index is 11.9. The van der Waals surface area contributed by atoms with Crippen LogP contribution in [0.25, 0.3) is 0 Å². The molecule has 0 bridgehead atoms. The molecule has 1 aromatic carbocycles. The normalized spacial score (nSPS) is 14.8. The molecule has 1 aliphatic heterocycles. The number of nitrogens with zero attached hydrogens (tertiary/aromatic N) is 1. The summed E-state index contributed by atoms with van der Waals surface area (Å²) in [5.41, 5.74) is 2.16. The Morgan fingerprint density at radius 3 is 2.65 bits per heavy atom. The number of hydrogen-bond acceptors (Lipinski definition) is 3. The van der Waals surface area contributed by atoms with Gasteiger partial charge < -0.3 is 14.7 Å². The van der Waals surface area contributed by atoms with Gasteiger partial charge in [0.05, 0.1) is 6.42 Å². The Balaban J connectivity index is 1.78. The van der Waals surface area contributed by atoms with Crippen molar-refractivity contribution in [2.45, 2.75) is 20.3 Å². The molecule has 0 unspecified atom stereocenters. The number of rotatable bonds is 5. The number of carbonyl (C=O) groups is 2. The highest BCUT2D eigenvalue weighted by atomic mass is 16.5. The first-order valence-electron chi connectivity index (χ1n) is 6.65. The molecule has 5 heteroatoms. The van der Waals surface area contributed by atoms with E-state index in [1.165, 1.54) is 0 Å². The maximum atomic E-state index is 11.9. The minimum absolute atomic E-state index is 0.00366. The quantitative estimate of drug-likeness (QED) is 0.888. The van der Waals surface area contributed by atoms with E-state index in [0.29, 0.717) is 18.8 Å². The number of ether oxygens (including phenoxy) is 1. The Kier molecular flexibility index (Phi) is 4.27. The third-order valence-corrected chi connectivity index (χ3v) is 3.45. The van der Waals surface area contributed by atoms with E-state index in [9.17, 15) is 9.59 Å². The molecule has 1 amide bonds. The average Bonchev–Trinajstić information content (AvgIpc) is 2.31. The third-order valence-electron chi connectivity index (χ3n) is 3.45. The van der Waals surface area contributed by atoms with Gasteiger partial charge in [0, 0.05) is 19.0 Å². The SMILES string of the molecule is Cc1ccc(OCC(=O)N2CC(CC(=O)O)C2)c(C)c1. The van der Waals surface area contributed by atoms with Crippen LogP contribution < -0.4 is 4.74 Å². The second kappa shape index (κ2) is 5.94. The van der Waals surface area contributed by atoms with Crippen LogP contribution in [0.5, 0.6) is 5.75 Å². The van der Waals surface area contributed by atoms with Crippen LogP contribution in [0.2, 0.25) is 0 Å². The standard InChI is InChI=1S/C15H19NO4/c1-10-3-4-13(11(2)5-10)20-9-14(17)16-7-12(8-16)6-15(18)19/h3-5,12H,6-9H2,1-2H3,(H,18,19). The number of benzene rings is 1. The number of carboxylic acid groups (broad SMARTS) is 1. The zero-order chi connectivity index (χ0) is 14.7. The van der Waals surface area contributed by atoms with Crippen LogP contribution in [-0.4, -0.2) is 41.6 Å². The van der Waals surface area contributed by atoms with Crippen molar-refractivity contribution in [1.82, 2.24) is 4.90 Å². The van der Waals surface area contributed by atoms with E-state index in [4.69, 9.17) is 9.84 Å². The minimum atomic E-state index is -0.811. The molecule has 1 aromatic rings. The average molecular weight is 277 g/mol. The summed E-state index contributed by atoms with van der Waals surface area (Å²) in [6, 6.07) is 5.81. The number of carboxylic acids is 1. The molecule has 0 saturated carbocycles. The molecule has 1 N–H and O–H groups in total. The topological polar surface area (TPSA) is 66.8 Å². The van der Waals surface area contributed by atoms with Crippen molar-refractivity contribution in [2.24, 2.45) is 5.92 Å². The highest BCUT2D eigenvalue weighted by Gasteiger charge is 2.32. The lowest BCUT2D eigenvalue weighted by Crippen LogP contribution is -2.52. The largest absolute Gasteiger partial charge is 0.484 e. The molecule has 1 aliphatic rings. The summed E-state index contributed by atoms with van der Waals surface area (Å²) in [4.78, 5) is 24.0. The van der Waals surface area contributed by atoms with Crippen molar-refractivity contribution in [1.29, 1.82) is 0 Å². The second-order valence-electron chi connectivity index (χ2n) is 5.32. The van der Waals surface area contributed by atoms with Crippen molar-refractivity contribution < 1.29 is 19.4 Å². The van der Waals surface area contributed by atoms with Gasteiger partial charge in [0.25, 0.3) is 5.91 Å². The summed E-state index contributed by atoms with van der Waals surface area (Å²) in [6.45, 7) is 4.98. The number of aryl methyl sites for hydroxylation is 2. The fourth-order valence-electron chi connectivity index (χ4n) is 2.34. The van der Waals surface area contributed by atoms with E-state index in [0.717, 1.165) is 11.1 Å². The molecule has 0 spiro atoms. The van der Waals surface area contributed by atoms with Gasteiger partial charge in [-0.2, -0.15) is 0 Å². The van der Waals surface area contributed by atoms with E-state index in [1.54, 1.807) is 4.90 Å². The Morgan fingerprint density at radius 1 is 1.35 bits per heavy atom. The summed E-state index contributed by atoms with van der Waals surface area (Å²) >= 11 is 0. The molecule has 5 nitrogen and oxygen atoms in total. The van der Waals surface area contributed by atoms with E-state index >= 15 is 0 Å². The highest BCUT2D eigenvalue weighted by Crippen LogP contribution is 2.21. The van der Waals surface area contributed by atoms with Crippen molar-refractivity contribution >= 4 is 11.9 Å². The van der Waals surface area contributed by atoms with Gasteiger partial charge in [-0.3, -0.25) is 9.59 Å². The smallest absolute Gasteiger partial charge is 0.303 e. The molecular formula is C15H19NO4. The molecule has 20 heavy (non-hydrogen) atoms. The van der Waals surface area contributed by atoms with E-state index in [1.807, 2.05) is 32.0 Å². The van der Waals surface area contributed by atoms with E-state index < -0.39 is 5.97 Å². The lowest BCUT2D eigenvalue weighted by Gasteiger charge is -2.38. The van der Waals surface area contributed by atoms with Gasteiger partial charge in [-0.25, -0.2) is 0 Å². The minimum Gasteiger partial charge on any atom is -0.484 e. The molecule has 0 aromatic heterocycles. The van der Waals surface area contributed by atoms with Crippen LogP contribution in [0.1, 0.15) is 17.5 Å². The van der Waals surface area contributed by atoms with Crippen LogP contribution in [0, 0.1) is 19.8 Å². The van der Waals surface area contributed by atoms with Gasteiger partial charge in [0.15, 0.2) is 6.61 Å². The van der Waals surface area contributed by atoms with Crippen molar-refractivity contribution in [3.05, 3.63) is 29.3 Å². The summed E-state index contributed by atoms with van der Waals surface area (Å²) in [5, 5.41) is 8.65. The highest BCUT2D eigenvalue weighted by molar-refractivity contribution is 5.79. The van der Waals surface area contributed by atoms with Gasteiger partial charge in [-0.05, 0) is 25.5 Å². The molecule has 1 heterocycles. The Hall–Kier alpha value is -2.04. The lowest BCUT2D eigenvalue weighted by atomic mass is 9.96. The zero-order valence-corrected chi connectivity index (χ0v) is 11.8. The summed E-state index contributed by atoms with van der Waals surface area (Å²) in [6.07, 6.45) is 0.127. The Labute approximate surface area is 118 Å². The number of aliphatic carboxylic acids is 1. The first-order valence-corrected chi connectivity index (χ1v) is 6.65. The zero-order valence-electron chi connectivity index (χ0n) is 11.8. The van der Waals surface area contributed by atoms with E-state index in [2.05, 4.69) is 0 Å². The van der Waals surface area contributed by atoms with Gasteiger partial charge in [-0.1, -0.05) is 17.7 Å². The van der Waals surface area contributed by atoms with Crippen molar-refractivity contribution in [2.75, 3.05) is 19.7 Å². The van der Waals surface area contributed by atoms with Crippen LogP contribution in [-0.2, 0) is 9.59 Å². The van der Waals surface area contributed by atoms with Crippen LogP contribution in [0.3, 0.4) is 0 Å². The number of carbonyl (C=O) groups excluding carboxylic acids is 1. The Bertz CT molecular complexity index is 521. The van der Waals surface area contributed by atoms with Crippen LogP contribution >= 0.6 is 0 Å². The second-order valence-corrected chi connectivity index (χ2v) is 5.32. The molecule has 1 saturated heterocycles. The fourth-order valence-corrected chi connectivity index (χ4v) is 2.34. The summed E-state index contributed by atoms with van der Waals surface area (Å²) < 4.78 is 5.52. The Morgan fingerprint density at radius 2 is 2.05 bits per heavy atom. The van der Waals surface area contributed by atoms with Gasteiger partial charge >= 0.3 is 5.97 Å². The first-order chi connectivity index (χ1) is 9.45. The van der Waals surface area contributed by atoms with E-state index in [-0.39, 0.29) is 24.9 Å². The van der Waals surface area contributed by atoms with Crippen molar-refractivity contribution in [3.63, 3.8) is 0 Å². The van der Waals surface area contributed by atoms with Gasteiger partial charge in [0.2, 0.25) is 0 Å². The number of amides is 1. The number of hydrogen-bond donors (Lipinski definition) is 1. The molecule has 0 aliphatic carbocycles. The summed E-state index contributed by atoms with van der Waals surface area (Å²) in [5.74, 6) is -0.107. The van der Waals surface area contributed by atoms with Gasteiger partial charge in [0.1, 0.15) is 5.75 Å². The maximum Gasteiger partial charge on any atom is 0.303 e. The molecule has 1 fully saturated rings. The van der Waals surface area contributed by atoms with Gasteiger partial charge in [-0.15, -0.1) is 0 Å². The molecule has 0 radical (unpaired) electrons. The molecule has 0 atom stereocenters. The number of likely N-dealkylation sites (tertiary alicyclic amines) is 1. The predicted molar refractivity (Wildman–Crippen MR) is 73.7 cm³/mol. The third kappa shape index (κ3) is 3.50. The molecular weight excluding hydrogens is 258 g/mol. The molecule has 108 valence electrons.